The van der Waals surface area contributed by atoms with Gasteiger partial charge in [0.05, 0.1) is 7.11 Å². The summed E-state index contributed by atoms with van der Waals surface area (Å²) in [6, 6.07) is 11.2. The van der Waals surface area contributed by atoms with Gasteiger partial charge in [-0.3, -0.25) is 4.79 Å². The Hall–Kier alpha value is -2.60. The van der Waals surface area contributed by atoms with E-state index in [0.717, 1.165) is 24.2 Å². The fraction of sp³-hybridized carbons (Fsp3) is 0.368. The number of nitrogens with one attached hydrogen (secondary N) is 1. The van der Waals surface area contributed by atoms with Gasteiger partial charge in [-0.05, 0) is 36.6 Å². The summed E-state index contributed by atoms with van der Waals surface area (Å²) in [6.07, 6.45) is 4.29. The van der Waals surface area contributed by atoms with E-state index in [1.165, 1.54) is 12.4 Å². The van der Waals surface area contributed by atoms with Gasteiger partial charge in [0.15, 0.2) is 12.4 Å². The second-order valence-electron chi connectivity index (χ2n) is 6.26. The number of methoxy groups -OCH3 is 1. The van der Waals surface area contributed by atoms with E-state index < -0.39 is 0 Å². The van der Waals surface area contributed by atoms with E-state index in [2.05, 4.69) is 5.32 Å². The van der Waals surface area contributed by atoms with Crippen LogP contribution < -0.4 is 14.8 Å². The first-order chi connectivity index (χ1) is 12.1. The summed E-state index contributed by atoms with van der Waals surface area (Å²) in [5.74, 6) is 0.559. The van der Waals surface area contributed by atoms with Gasteiger partial charge in [-0.1, -0.05) is 12.1 Å². The van der Waals surface area contributed by atoms with Crippen molar-refractivity contribution < 1.29 is 19.0 Å². The van der Waals surface area contributed by atoms with Crippen molar-refractivity contribution in [2.24, 2.45) is 0 Å². The summed E-state index contributed by atoms with van der Waals surface area (Å²) < 4.78 is 11.4. The summed E-state index contributed by atoms with van der Waals surface area (Å²) in [5.41, 5.74) is 1.33. The van der Waals surface area contributed by atoms with E-state index in [-0.39, 0.29) is 11.3 Å². The number of nitrogens with zero attached hydrogens (tertiary/aromatic N) is 1. The topological polar surface area (TPSA) is 74.5 Å². The van der Waals surface area contributed by atoms with Crippen LogP contribution in [0.2, 0.25) is 0 Å². The molecule has 0 atom stereocenters. The van der Waals surface area contributed by atoms with E-state index in [0.29, 0.717) is 30.1 Å². The summed E-state index contributed by atoms with van der Waals surface area (Å²) >= 11 is 0. The number of carbonyl (C=O) groups excluding carboxylic acids is 1. The largest absolute Gasteiger partial charge is 0.619 e. The molecule has 1 aromatic carbocycles. The van der Waals surface area contributed by atoms with Gasteiger partial charge < -0.3 is 20.0 Å². The van der Waals surface area contributed by atoms with Gasteiger partial charge in [0.25, 0.3) is 5.91 Å². The highest BCUT2D eigenvalue weighted by atomic mass is 16.5. The Kier molecular flexibility index (Phi) is 5.19. The van der Waals surface area contributed by atoms with E-state index >= 15 is 0 Å². The van der Waals surface area contributed by atoms with Crippen molar-refractivity contribution in [2.45, 2.75) is 18.3 Å². The molecule has 0 bridgehead atoms. The van der Waals surface area contributed by atoms with Crippen LogP contribution in [0.15, 0.2) is 48.8 Å². The van der Waals surface area contributed by atoms with Gasteiger partial charge in [0.2, 0.25) is 0 Å². The van der Waals surface area contributed by atoms with Gasteiger partial charge in [-0.2, -0.15) is 4.73 Å². The van der Waals surface area contributed by atoms with Gasteiger partial charge in [0.1, 0.15) is 11.3 Å². The van der Waals surface area contributed by atoms with Crippen LogP contribution in [0.25, 0.3) is 0 Å². The number of benzene rings is 1. The smallest absolute Gasteiger partial charge is 0.257 e. The minimum absolute atomic E-state index is 0.178. The van der Waals surface area contributed by atoms with Crippen molar-refractivity contribution in [1.82, 2.24) is 5.32 Å². The lowest BCUT2D eigenvalue weighted by Gasteiger charge is -2.38. The number of rotatable bonds is 5. The van der Waals surface area contributed by atoms with Crippen molar-refractivity contribution >= 4 is 5.91 Å². The van der Waals surface area contributed by atoms with Gasteiger partial charge in [-0.15, -0.1) is 0 Å². The molecule has 25 heavy (non-hydrogen) atoms. The van der Waals surface area contributed by atoms with E-state index in [1.807, 2.05) is 24.3 Å². The molecule has 1 N–H and O–H groups in total. The molecule has 6 nitrogen and oxygen atoms in total. The number of carbonyl (C=O) groups is 1. The Bertz CT molecular complexity index is 724. The third kappa shape index (κ3) is 3.91. The molecule has 1 fully saturated rings. The summed E-state index contributed by atoms with van der Waals surface area (Å²) in [4.78, 5) is 12.4. The van der Waals surface area contributed by atoms with Gasteiger partial charge in [0, 0.05) is 31.2 Å². The average Bonchev–Trinajstić information content (AvgIpc) is 2.67. The van der Waals surface area contributed by atoms with Gasteiger partial charge >= 0.3 is 0 Å². The molecule has 1 aliphatic heterocycles. The van der Waals surface area contributed by atoms with Crippen molar-refractivity contribution in [3.8, 4) is 5.75 Å². The van der Waals surface area contributed by atoms with Crippen LogP contribution in [0, 0.1) is 5.21 Å². The zero-order valence-corrected chi connectivity index (χ0v) is 14.2. The lowest BCUT2D eigenvalue weighted by molar-refractivity contribution is -0.605. The summed E-state index contributed by atoms with van der Waals surface area (Å²) in [5, 5.41) is 14.3. The molecule has 2 heterocycles. The van der Waals surface area contributed by atoms with Crippen molar-refractivity contribution in [3.63, 3.8) is 0 Å². The molecule has 6 heteroatoms. The predicted molar refractivity (Wildman–Crippen MR) is 92.5 cm³/mol. The molecule has 132 valence electrons. The zero-order valence-electron chi connectivity index (χ0n) is 14.2. The second-order valence-corrected chi connectivity index (χ2v) is 6.26. The zero-order chi connectivity index (χ0) is 17.7. The number of pyridine rings is 1. The van der Waals surface area contributed by atoms with Crippen LogP contribution in [0.4, 0.5) is 0 Å². The van der Waals surface area contributed by atoms with Crippen LogP contribution in [-0.4, -0.2) is 32.8 Å². The van der Waals surface area contributed by atoms with Gasteiger partial charge in [-0.25, -0.2) is 0 Å². The second kappa shape index (κ2) is 7.53. The van der Waals surface area contributed by atoms with E-state index in [9.17, 15) is 10.0 Å². The lowest BCUT2D eigenvalue weighted by Crippen LogP contribution is -2.45. The third-order valence-electron chi connectivity index (χ3n) is 4.78. The maximum atomic E-state index is 12.4. The fourth-order valence-electron chi connectivity index (χ4n) is 3.21. The molecule has 1 amide bonds. The van der Waals surface area contributed by atoms with E-state index in [1.54, 1.807) is 19.2 Å². The number of aromatic nitrogens is 1. The fourth-order valence-corrected chi connectivity index (χ4v) is 3.21. The van der Waals surface area contributed by atoms with Crippen molar-refractivity contribution in [1.29, 1.82) is 0 Å². The van der Waals surface area contributed by atoms with Crippen LogP contribution in [0.1, 0.15) is 28.8 Å². The molecular weight excluding hydrogens is 320 g/mol. The highest BCUT2D eigenvalue weighted by Crippen LogP contribution is 2.35. The molecule has 0 radical (unpaired) electrons. The Morgan fingerprint density at radius 1 is 1.28 bits per heavy atom. The number of hydrogen-bond donors (Lipinski definition) is 1. The molecule has 2 aromatic rings. The number of amides is 1. The molecule has 0 spiro atoms. The monoisotopic (exact) mass is 342 g/mol. The molecule has 1 aliphatic rings. The predicted octanol–water partition coefficient (Wildman–Crippen LogP) is 1.81. The minimum Gasteiger partial charge on any atom is -0.619 e. The first-order valence-corrected chi connectivity index (χ1v) is 8.32. The maximum absolute atomic E-state index is 12.4. The van der Waals surface area contributed by atoms with Crippen LogP contribution in [0.3, 0.4) is 0 Å². The minimum atomic E-state index is -0.246. The number of hydrogen-bond acceptors (Lipinski definition) is 4. The van der Waals surface area contributed by atoms with E-state index in [4.69, 9.17) is 9.47 Å². The molecule has 1 aromatic heterocycles. The van der Waals surface area contributed by atoms with Crippen molar-refractivity contribution in [3.05, 3.63) is 65.1 Å². The number of ether oxygens (including phenoxy) is 2. The molecule has 0 unspecified atom stereocenters. The Labute approximate surface area is 147 Å². The van der Waals surface area contributed by atoms with Crippen LogP contribution in [-0.2, 0) is 10.2 Å². The molecular formula is C19H22N2O4. The highest BCUT2D eigenvalue weighted by molar-refractivity contribution is 5.93. The average molecular weight is 342 g/mol. The Morgan fingerprint density at radius 3 is 2.64 bits per heavy atom. The quantitative estimate of drug-likeness (QED) is 0.664. The summed E-state index contributed by atoms with van der Waals surface area (Å²) in [6.45, 7) is 1.82. The Morgan fingerprint density at radius 2 is 2.00 bits per heavy atom. The molecule has 1 saturated heterocycles. The maximum Gasteiger partial charge on any atom is 0.257 e. The standard InChI is InChI=1S/C19H22N2O4/c1-24-17-6-4-16(5-7-17)19(8-11-25-12-9-19)14-20-18(22)15-3-2-10-21(23)13-15/h2-7,10,13H,8-9,11-12,14H2,1H3,(H,20,22). The molecule has 0 aliphatic carbocycles. The summed E-state index contributed by atoms with van der Waals surface area (Å²) in [7, 11) is 1.64. The molecule has 0 saturated carbocycles. The first-order valence-electron chi connectivity index (χ1n) is 8.32. The van der Waals surface area contributed by atoms with Crippen LogP contribution >= 0.6 is 0 Å². The SMILES string of the molecule is COc1ccc(C2(CNC(=O)c3ccc[n+]([O-])c3)CCOCC2)cc1. The van der Waals surface area contributed by atoms with Crippen molar-refractivity contribution in [2.75, 3.05) is 26.9 Å². The first kappa shape index (κ1) is 17.2. The molecule has 3 rings (SSSR count). The van der Waals surface area contributed by atoms with Crippen LogP contribution in [0.5, 0.6) is 5.75 Å². The lowest BCUT2D eigenvalue weighted by atomic mass is 9.74. The highest BCUT2D eigenvalue weighted by Gasteiger charge is 2.35. The Balaban J connectivity index is 1.77. The normalized spacial score (nSPS) is 16.2. The third-order valence-corrected chi connectivity index (χ3v) is 4.78.